The van der Waals surface area contributed by atoms with Crippen molar-refractivity contribution < 1.29 is 9.18 Å². The van der Waals surface area contributed by atoms with Gasteiger partial charge in [-0.1, -0.05) is 18.2 Å². The summed E-state index contributed by atoms with van der Waals surface area (Å²) in [6.45, 7) is 3.66. The van der Waals surface area contributed by atoms with E-state index in [4.69, 9.17) is 0 Å². The zero-order valence-corrected chi connectivity index (χ0v) is 15.0. The molecule has 0 unspecified atom stereocenters. The maximum absolute atomic E-state index is 13.9. The molecule has 5 nitrogen and oxygen atoms in total. The Morgan fingerprint density at radius 1 is 1.15 bits per heavy atom. The molecule has 1 saturated heterocycles. The zero-order valence-electron chi connectivity index (χ0n) is 15.0. The molecule has 2 heterocycles. The number of hydrogen-bond acceptors (Lipinski definition) is 3. The molecule has 1 aromatic carbocycles. The number of aromatic nitrogens is 1. The van der Waals surface area contributed by atoms with Gasteiger partial charge >= 0.3 is 0 Å². The summed E-state index contributed by atoms with van der Waals surface area (Å²) in [5.41, 5.74) is 1.38. The first kappa shape index (κ1) is 18.2. The van der Waals surface area contributed by atoms with Gasteiger partial charge in [0.1, 0.15) is 5.82 Å². The van der Waals surface area contributed by atoms with Crippen molar-refractivity contribution in [2.45, 2.75) is 38.8 Å². The second-order valence-electron chi connectivity index (χ2n) is 6.69. The number of aryl methyl sites for hydroxylation is 1. The molecule has 1 aliphatic rings. The molecule has 26 heavy (non-hydrogen) atoms. The van der Waals surface area contributed by atoms with Gasteiger partial charge < -0.3 is 14.8 Å². The van der Waals surface area contributed by atoms with Gasteiger partial charge in [0.05, 0.1) is 5.69 Å². The van der Waals surface area contributed by atoms with E-state index in [2.05, 4.69) is 5.32 Å². The van der Waals surface area contributed by atoms with Gasteiger partial charge in [0.25, 0.3) is 5.56 Å². The van der Waals surface area contributed by atoms with Crippen molar-refractivity contribution in [2.75, 3.05) is 18.0 Å². The molecule has 6 heteroatoms. The molecule has 0 bridgehead atoms. The molecule has 2 aromatic rings. The van der Waals surface area contributed by atoms with Crippen molar-refractivity contribution in [3.63, 3.8) is 0 Å². The fourth-order valence-corrected chi connectivity index (χ4v) is 3.40. The van der Waals surface area contributed by atoms with Gasteiger partial charge in [0, 0.05) is 43.9 Å². The van der Waals surface area contributed by atoms with Crippen molar-refractivity contribution in [1.29, 1.82) is 0 Å². The van der Waals surface area contributed by atoms with E-state index >= 15 is 0 Å². The number of benzene rings is 1. The average Bonchev–Trinajstić information content (AvgIpc) is 2.62. The minimum Gasteiger partial charge on any atom is -0.369 e. The van der Waals surface area contributed by atoms with E-state index in [9.17, 15) is 14.0 Å². The lowest BCUT2D eigenvalue weighted by atomic mass is 10.0. The monoisotopic (exact) mass is 357 g/mol. The van der Waals surface area contributed by atoms with E-state index in [0.717, 1.165) is 18.5 Å². The first-order valence-corrected chi connectivity index (χ1v) is 9.00. The first-order valence-electron chi connectivity index (χ1n) is 9.00. The number of piperidine rings is 1. The quantitative estimate of drug-likeness (QED) is 0.894. The summed E-state index contributed by atoms with van der Waals surface area (Å²) in [4.78, 5) is 26.1. The van der Waals surface area contributed by atoms with Gasteiger partial charge in [0.2, 0.25) is 5.91 Å². The van der Waals surface area contributed by atoms with Crippen LogP contribution in [0, 0.1) is 12.7 Å². The second-order valence-corrected chi connectivity index (χ2v) is 6.69. The third-order valence-corrected chi connectivity index (χ3v) is 4.88. The standard InChI is InChI=1S/C20H24FN3O2/c1-15-5-4-8-20(26)24(15)14-11-19(25)22-16-9-12-23(13-10-16)18-7-3-2-6-17(18)21/h2-8,16H,9-14H2,1H3,(H,22,25). The molecule has 1 fully saturated rings. The van der Waals surface area contributed by atoms with Crippen LogP contribution in [0.1, 0.15) is 25.0 Å². The molecule has 3 rings (SSSR count). The van der Waals surface area contributed by atoms with Crippen molar-refractivity contribution in [3.05, 3.63) is 64.3 Å². The maximum Gasteiger partial charge on any atom is 0.250 e. The predicted octanol–water partition coefficient (Wildman–Crippen LogP) is 2.47. The third kappa shape index (κ3) is 4.31. The molecule has 1 amide bonds. The maximum atomic E-state index is 13.9. The number of nitrogens with one attached hydrogen (secondary N) is 1. The van der Waals surface area contributed by atoms with Crippen LogP contribution in [0.5, 0.6) is 0 Å². The molecule has 1 N–H and O–H groups in total. The van der Waals surface area contributed by atoms with Crippen LogP contribution in [-0.4, -0.2) is 29.6 Å². The number of para-hydroxylation sites is 1. The Bertz CT molecular complexity index is 826. The number of carbonyl (C=O) groups excluding carboxylic acids is 1. The van der Waals surface area contributed by atoms with E-state index < -0.39 is 0 Å². The number of pyridine rings is 1. The van der Waals surface area contributed by atoms with E-state index in [1.165, 1.54) is 12.1 Å². The summed E-state index contributed by atoms with van der Waals surface area (Å²) >= 11 is 0. The van der Waals surface area contributed by atoms with Crippen LogP contribution >= 0.6 is 0 Å². The number of halogens is 1. The minimum atomic E-state index is -0.210. The van der Waals surface area contributed by atoms with E-state index in [1.807, 2.05) is 24.0 Å². The van der Waals surface area contributed by atoms with Gasteiger partial charge in [-0.15, -0.1) is 0 Å². The summed E-state index contributed by atoms with van der Waals surface area (Å²) in [6.07, 6.45) is 1.84. The zero-order chi connectivity index (χ0) is 18.5. The Morgan fingerprint density at radius 3 is 2.58 bits per heavy atom. The topological polar surface area (TPSA) is 54.3 Å². The van der Waals surface area contributed by atoms with Gasteiger partial charge in [-0.05, 0) is 38.0 Å². The fraction of sp³-hybridized carbons (Fsp3) is 0.400. The number of anilines is 1. The number of hydrogen-bond donors (Lipinski definition) is 1. The fourth-order valence-electron chi connectivity index (χ4n) is 3.40. The van der Waals surface area contributed by atoms with Crippen LogP contribution in [0.25, 0.3) is 0 Å². The van der Waals surface area contributed by atoms with Gasteiger partial charge in [-0.2, -0.15) is 0 Å². The second kappa shape index (κ2) is 8.17. The molecule has 1 aromatic heterocycles. The molecule has 0 radical (unpaired) electrons. The largest absolute Gasteiger partial charge is 0.369 e. The van der Waals surface area contributed by atoms with Gasteiger partial charge in [-0.3, -0.25) is 9.59 Å². The van der Waals surface area contributed by atoms with Crippen LogP contribution in [0.4, 0.5) is 10.1 Å². The lowest BCUT2D eigenvalue weighted by molar-refractivity contribution is -0.122. The summed E-state index contributed by atoms with van der Waals surface area (Å²) in [7, 11) is 0. The van der Waals surface area contributed by atoms with Crippen molar-refractivity contribution in [1.82, 2.24) is 9.88 Å². The molecule has 0 saturated carbocycles. The van der Waals surface area contributed by atoms with E-state index in [1.54, 1.807) is 22.8 Å². The van der Waals surface area contributed by atoms with Gasteiger partial charge in [-0.25, -0.2) is 4.39 Å². The SMILES string of the molecule is Cc1cccc(=O)n1CCC(=O)NC1CCN(c2ccccc2F)CC1. The molecule has 138 valence electrons. The lowest BCUT2D eigenvalue weighted by Crippen LogP contribution is -2.45. The van der Waals surface area contributed by atoms with Crippen LogP contribution in [-0.2, 0) is 11.3 Å². The summed E-state index contributed by atoms with van der Waals surface area (Å²) in [5, 5.41) is 3.04. The van der Waals surface area contributed by atoms with Crippen LogP contribution < -0.4 is 15.8 Å². The summed E-state index contributed by atoms with van der Waals surface area (Å²) in [5.74, 6) is -0.261. The van der Waals surface area contributed by atoms with Crippen LogP contribution in [0.15, 0.2) is 47.3 Å². The lowest BCUT2D eigenvalue weighted by Gasteiger charge is -2.34. The molecule has 1 aliphatic heterocycles. The Kier molecular flexibility index (Phi) is 5.71. The van der Waals surface area contributed by atoms with Crippen molar-refractivity contribution >= 4 is 11.6 Å². The summed E-state index contributed by atoms with van der Waals surface area (Å²) in [6, 6.07) is 12.0. The van der Waals surface area contributed by atoms with Gasteiger partial charge in [0.15, 0.2) is 0 Å². The molecular weight excluding hydrogens is 333 g/mol. The molecule has 0 spiro atoms. The highest BCUT2D eigenvalue weighted by atomic mass is 19.1. The number of nitrogens with zero attached hydrogens (tertiary/aromatic N) is 2. The average molecular weight is 357 g/mol. The van der Waals surface area contributed by atoms with Crippen LogP contribution in [0.3, 0.4) is 0 Å². The van der Waals surface area contributed by atoms with Crippen molar-refractivity contribution in [3.8, 4) is 0 Å². The highest BCUT2D eigenvalue weighted by molar-refractivity contribution is 5.76. The summed E-state index contributed by atoms with van der Waals surface area (Å²) < 4.78 is 15.5. The number of carbonyl (C=O) groups is 1. The highest BCUT2D eigenvalue weighted by Crippen LogP contribution is 2.22. The van der Waals surface area contributed by atoms with E-state index in [-0.39, 0.29) is 29.7 Å². The third-order valence-electron chi connectivity index (χ3n) is 4.88. The Morgan fingerprint density at radius 2 is 1.88 bits per heavy atom. The Labute approximate surface area is 152 Å². The Hall–Kier alpha value is -2.63. The predicted molar refractivity (Wildman–Crippen MR) is 99.8 cm³/mol. The Balaban J connectivity index is 1.48. The minimum absolute atomic E-state index is 0.0514. The molecule has 0 aliphatic carbocycles. The number of rotatable bonds is 5. The van der Waals surface area contributed by atoms with Crippen LogP contribution in [0.2, 0.25) is 0 Å². The molecule has 0 atom stereocenters. The number of amides is 1. The highest BCUT2D eigenvalue weighted by Gasteiger charge is 2.22. The normalized spacial score (nSPS) is 15.1. The van der Waals surface area contributed by atoms with Crippen molar-refractivity contribution in [2.24, 2.45) is 0 Å². The molecular formula is C20H24FN3O2. The van der Waals surface area contributed by atoms with E-state index in [0.29, 0.717) is 25.3 Å². The smallest absolute Gasteiger partial charge is 0.250 e. The first-order chi connectivity index (χ1) is 12.5.